The summed E-state index contributed by atoms with van der Waals surface area (Å²) in [7, 11) is 0. The standard InChI is InChI=1S/C23H23N3O3S/c1-14(2)29-18-11-7-6-10-16(18)17-12-19(27)24-21-20(17)22(28)26-23(25-21)30-13-15-8-4-3-5-9-15/h3-11,14,17H,12-13H2,1-2H3,(H2,24,25,26,27,28)/t17-/m0/s1. The molecule has 154 valence electrons. The molecule has 6 nitrogen and oxygen atoms in total. The van der Waals surface area contributed by atoms with Crippen molar-refractivity contribution in [2.24, 2.45) is 0 Å². The summed E-state index contributed by atoms with van der Waals surface area (Å²) in [4.78, 5) is 32.9. The predicted octanol–water partition coefficient (Wildman–Crippen LogP) is 4.32. The number of ether oxygens (including phenoxy) is 1. The van der Waals surface area contributed by atoms with Crippen molar-refractivity contribution < 1.29 is 9.53 Å². The molecule has 0 saturated carbocycles. The number of carbonyl (C=O) groups excluding carboxylic acids is 1. The fourth-order valence-electron chi connectivity index (χ4n) is 3.54. The average Bonchev–Trinajstić information content (AvgIpc) is 2.72. The lowest BCUT2D eigenvalue weighted by molar-refractivity contribution is -0.116. The van der Waals surface area contributed by atoms with Crippen LogP contribution < -0.4 is 15.6 Å². The Morgan fingerprint density at radius 3 is 2.60 bits per heavy atom. The number of hydrogen-bond acceptors (Lipinski definition) is 5. The van der Waals surface area contributed by atoms with Crippen LogP contribution in [0, 0.1) is 0 Å². The van der Waals surface area contributed by atoms with Crippen molar-refractivity contribution >= 4 is 23.5 Å². The summed E-state index contributed by atoms with van der Waals surface area (Å²) >= 11 is 1.43. The van der Waals surface area contributed by atoms with Crippen LogP contribution in [-0.4, -0.2) is 22.0 Å². The molecule has 1 amide bonds. The van der Waals surface area contributed by atoms with Crippen molar-refractivity contribution in [2.75, 3.05) is 5.32 Å². The summed E-state index contributed by atoms with van der Waals surface area (Å²) in [6.45, 7) is 3.89. The Balaban J connectivity index is 1.68. The Morgan fingerprint density at radius 1 is 1.10 bits per heavy atom. The third-order valence-corrected chi connectivity index (χ3v) is 5.75. The number of para-hydroxylation sites is 1. The number of amides is 1. The van der Waals surface area contributed by atoms with Crippen LogP contribution in [0.25, 0.3) is 0 Å². The number of aromatic amines is 1. The third kappa shape index (κ3) is 4.41. The zero-order valence-corrected chi connectivity index (χ0v) is 17.7. The van der Waals surface area contributed by atoms with Gasteiger partial charge < -0.3 is 15.0 Å². The third-order valence-electron chi connectivity index (χ3n) is 4.80. The van der Waals surface area contributed by atoms with Gasteiger partial charge in [0.25, 0.3) is 5.56 Å². The first-order valence-corrected chi connectivity index (χ1v) is 10.9. The molecule has 1 atom stereocenters. The first kappa shape index (κ1) is 20.2. The van der Waals surface area contributed by atoms with Crippen molar-refractivity contribution in [3.05, 3.63) is 81.6 Å². The fraction of sp³-hybridized carbons (Fsp3) is 0.261. The zero-order valence-electron chi connectivity index (χ0n) is 16.8. The van der Waals surface area contributed by atoms with E-state index in [1.165, 1.54) is 11.8 Å². The van der Waals surface area contributed by atoms with Gasteiger partial charge >= 0.3 is 0 Å². The van der Waals surface area contributed by atoms with E-state index in [2.05, 4.69) is 15.3 Å². The molecule has 4 rings (SSSR count). The van der Waals surface area contributed by atoms with Crippen molar-refractivity contribution in [1.82, 2.24) is 9.97 Å². The van der Waals surface area contributed by atoms with E-state index in [0.29, 0.717) is 28.0 Å². The van der Waals surface area contributed by atoms with Gasteiger partial charge in [0.1, 0.15) is 11.6 Å². The van der Waals surface area contributed by atoms with Gasteiger partial charge in [0.2, 0.25) is 5.91 Å². The summed E-state index contributed by atoms with van der Waals surface area (Å²) in [5.41, 5.74) is 2.18. The second-order valence-corrected chi connectivity index (χ2v) is 8.38. The van der Waals surface area contributed by atoms with Crippen LogP contribution in [-0.2, 0) is 10.5 Å². The highest BCUT2D eigenvalue weighted by atomic mass is 32.2. The number of hydrogen-bond donors (Lipinski definition) is 2. The van der Waals surface area contributed by atoms with E-state index in [9.17, 15) is 9.59 Å². The van der Waals surface area contributed by atoms with Crippen LogP contribution in [0.1, 0.15) is 42.9 Å². The Morgan fingerprint density at radius 2 is 1.83 bits per heavy atom. The summed E-state index contributed by atoms with van der Waals surface area (Å²) < 4.78 is 5.93. The number of nitrogens with one attached hydrogen (secondary N) is 2. The maximum absolute atomic E-state index is 13.0. The maximum atomic E-state index is 13.0. The van der Waals surface area contributed by atoms with Gasteiger partial charge in [0.15, 0.2) is 5.16 Å². The van der Waals surface area contributed by atoms with Gasteiger partial charge in [-0.25, -0.2) is 4.98 Å². The molecule has 2 heterocycles. The molecule has 0 fully saturated rings. The summed E-state index contributed by atoms with van der Waals surface area (Å²) in [5, 5.41) is 3.26. The minimum atomic E-state index is -0.409. The highest BCUT2D eigenvalue weighted by Crippen LogP contribution is 2.39. The monoisotopic (exact) mass is 421 g/mol. The van der Waals surface area contributed by atoms with E-state index in [-0.39, 0.29) is 24.0 Å². The van der Waals surface area contributed by atoms with E-state index in [0.717, 1.165) is 11.1 Å². The molecule has 0 bridgehead atoms. The summed E-state index contributed by atoms with van der Waals surface area (Å²) in [6, 6.07) is 17.5. The number of aromatic nitrogens is 2. The van der Waals surface area contributed by atoms with Crippen LogP contribution >= 0.6 is 11.8 Å². The van der Waals surface area contributed by atoms with E-state index in [1.54, 1.807) is 0 Å². The van der Waals surface area contributed by atoms with Gasteiger partial charge in [-0.2, -0.15) is 0 Å². The van der Waals surface area contributed by atoms with Gasteiger partial charge in [-0.05, 0) is 25.5 Å². The molecule has 0 radical (unpaired) electrons. The van der Waals surface area contributed by atoms with E-state index in [1.807, 2.05) is 68.4 Å². The Hall–Kier alpha value is -3.06. The molecule has 7 heteroatoms. The van der Waals surface area contributed by atoms with E-state index >= 15 is 0 Å². The minimum absolute atomic E-state index is 0.0174. The van der Waals surface area contributed by atoms with Crippen LogP contribution in [0.3, 0.4) is 0 Å². The topological polar surface area (TPSA) is 84.1 Å². The molecule has 1 aromatic heterocycles. The molecule has 0 unspecified atom stereocenters. The van der Waals surface area contributed by atoms with Crippen molar-refractivity contribution in [3.8, 4) is 5.75 Å². The summed E-state index contributed by atoms with van der Waals surface area (Å²) in [6.07, 6.45) is 0.156. The molecule has 30 heavy (non-hydrogen) atoms. The van der Waals surface area contributed by atoms with E-state index in [4.69, 9.17) is 4.74 Å². The van der Waals surface area contributed by atoms with E-state index < -0.39 is 5.92 Å². The van der Waals surface area contributed by atoms with Gasteiger partial charge in [0, 0.05) is 23.7 Å². The van der Waals surface area contributed by atoms with Gasteiger partial charge in [-0.3, -0.25) is 9.59 Å². The van der Waals surface area contributed by atoms with Crippen LogP contribution in [0.15, 0.2) is 64.5 Å². The number of fused-ring (bicyclic) bond motifs is 1. The second-order valence-electron chi connectivity index (χ2n) is 7.42. The largest absolute Gasteiger partial charge is 0.491 e. The maximum Gasteiger partial charge on any atom is 0.257 e. The summed E-state index contributed by atoms with van der Waals surface area (Å²) in [5.74, 6) is 1.11. The molecule has 3 aromatic rings. The van der Waals surface area contributed by atoms with Gasteiger partial charge in [-0.15, -0.1) is 0 Å². The number of H-pyrrole nitrogens is 1. The molecule has 0 aliphatic carbocycles. The molecule has 2 aromatic carbocycles. The first-order chi connectivity index (χ1) is 14.5. The van der Waals surface area contributed by atoms with Gasteiger partial charge in [-0.1, -0.05) is 60.3 Å². The number of carbonyl (C=O) groups is 1. The molecule has 1 aliphatic heterocycles. The molecule has 1 aliphatic rings. The number of rotatable bonds is 6. The zero-order chi connectivity index (χ0) is 21.1. The molecular formula is C23H23N3O3S. The molecular weight excluding hydrogens is 398 g/mol. The van der Waals surface area contributed by atoms with Crippen molar-refractivity contribution in [2.45, 2.75) is 43.2 Å². The Kier molecular flexibility index (Phi) is 5.90. The number of thioether (sulfide) groups is 1. The number of nitrogens with zero attached hydrogens (tertiary/aromatic N) is 1. The quantitative estimate of drug-likeness (QED) is 0.457. The molecule has 0 saturated heterocycles. The Bertz CT molecular complexity index is 1110. The second kappa shape index (κ2) is 8.75. The number of benzene rings is 2. The lowest BCUT2D eigenvalue weighted by Gasteiger charge is -2.26. The Labute approximate surface area is 179 Å². The molecule has 2 N–H and O–H groups in total. The predicted molar refractivity (Wildman–Crippen MR) is 118 cm³/mol. The van der Waals surface area contributed by atoms with Gasteiger partial charge in [0.05, 0.1) is 11.7 Å². The van der Waals surface area contributed by atoms with Crippen molar-refractivity contribution in [3.63, 3.8) is 0 Å². The lowest BCUT2D eigenvalue weighted by Crippen LogP contribution is -2.31. The van der Waals surface area contributed by atoms with Crippen molar-refractivity contribution in [1.29, 1.82) is 0 Å². The highest BCUT2D eigenvalue weighted by molar-refractivity contribution is 7.98. The minimum Gasteiger partial charge on any atom is -0.491 e. The lowest BCUT2D eigenvalue weighted by atomic mass is 9.86. The normalized spacial score (nSPS) is 15.6. The highest BCUT2D eigenvalue weighted by Gasteiger charge is 2.32. The van der Waals surface area contributed by atoms with Crippen LogP contribution in [0.2, 0.25) is 0 Å². The van der Waals surface area contributed by atoms with Crippen LogP contribution in [0.5, 0.6) is 5.75 Å². The molecule has 0 spiro atoms. The van der Waals surface area contributed by atoms with Crippen LogP contribution in [0.4, 0.5) is 5.82 Å². The smallest absolute Gasteiger partial charge is 0.257 e. The SMILES string of the molecule is CC(C)Oc1ccccc1[C@@H]1CC(=O)Nc2nc(SCc3ccccc3)[nH]c(=O)c21. The number of anilines is 1. The average molecular weight is 422 g/mol. The fourth-order valence-corrected chi connectivity index (χ4v) is 4.36. The first-order valence-electron chi connectivity index (χ1n) is 9.87.